The number of morpholine rings is 1. The van der Waals surface area contributed by atoms with E-state index in [1.54, 1.807) is 0 Å². The van der Waals surface area contributed by atoms with E-state index in [4.69, 9.17) is 4.74 Å². The van der Waals surface area contributed by atoms with Crippen LogP contribution < -0.4 is 4.74 Å². The summed E-state index contributed by atoms with van der Waals surface area (Å²) in [5.74, 6) is -3.45. The van der Waals surface area contributed by atoms with Crippen molar-refractivity contribution in [1.29, 1.82) is 0 Å². The van der Waals surface area contributed by atoms with Crippen molar-refractivity contribution in [1.82, 2.24) is 19.7 Å². The van der Waals surface area contributed by atoms with Crippen molar-refractivity contribution in [3.63, 3.8) is 0 Å². The number of benzene rings is 2. The number of aromatic nitrogens is 3. The Labute approximate surface area is 201 Å². The first-order chi connectivity index (χ1) is 17.0. The highest BCUT2D eigenvalue weighted by Crippen LogP contribution is 2.39. The second kappa shape index (κ2) is 9.55. The lowest BCUT2D eigenvalue weighted by molar-refractivity contribution is -0.186. The van der Waals surface area contributed by atoms with Gasteiger partial charge in [-0.25, -0.2) is 18.4 Å². The average Bonchev–Trinajstić information content (AvgIpc) is 3.32. The molecule has 36 heavy (non-hydrogen) atoms. The molecule has 2 aromatic carbocycles. The fourth-order valence-corrected chi connectivity index (χ4v) is 4.04. The first kappa shape index (κ1) is 25.1. The van der Waals surface area contributed by atoms with Gasteiger partial charge >= 0.3 is 12.1 Å². The van der Waals surface area contributed by atoms with Gasteiger partial charge < -0.3 is 14.4 Å². The molecule has 1 aliphatic rings. The molecule has 0 N–H and O–H groups in total. The molecule has 0 radical (unpaired) electrons. The Morgan fingerprint density at radius 3 is 2.53 bits per heavy atom. The van der Waals surface area contributed by atoms with Crippen LogP contribution in [0.15, 0.2) is 55.1 Å². The fraction of sp³-hybridized carbons (Fsp3) is 0.304. The maximum atomic E-state index is 15.0. The van der Waals surface area contributed by atoms with Crippen LogP contribution in [0.5, 0.6) is 5.75 Å². The van der Waals surface area contributed by atoms with E-state index in [9.17, 15) is 31.5 Å². The third-order valence-corrected chi connectivity index (χ3v) is 5.75. The Balaban J connectivity index is 1.68. The van der Waals surface area contributed by atoms with E-state index in [1.165, 1.54) is 48.5 Å². The summed E-state index contributed by atoms with van der Waals surface area (Å²) in [6, 6.07) is 6.67. The zero-order valence-electron chi connectivity index (χ0n) is 18.7. The van der Waals surface area contributed by atoms with Gasteiger partial charge in [0.25, 0.3) is 5.91 Å². The molecular formula is C23H19F5N4O4. The van der Waals surface area contributed by atoms with E-state index in [0.717, 1.165) is 17.0 Å². The Morgan fingerprint density at radius 1 is 1.19 bits per heavy atom. The summed E-state index contributed by atoms with van der Waals surface area (Å²) in [7, 11) is 0. The average molecular weight is 510 g/mol. The molecule has 0 aliphatic carbocycles. The number of cyclic esters (lactones) is 1. The normalized spacial score (nSPS) is 20.2. The zero-order valence-corrected chi connectivity index (χ0v) is 18.7. The van der Waals surface area contributed by atoms with Crippen molar-refractivity contribution < 1.29 is 41.0 Å². The van der Waals surface area contributed by atoms with Crippen molar-refractivity contribution in [2.45, 2.75) is 31.3 Å². The van der Waals surface area contributed by atoms with E-state index < -0.39 is 54.5 Å². The molecule has 2 heterocycles. The molecule has 0 unspecified atom stereocenters. The van der Waals surface area contributed by atoms with Gasteiger partial charge in [-0.2, -0.15) is 18.3 Å². The monoisotopic (exact) mass is 510 g/mol. The van der Waals surface area contributed by atoms with Gasteiger partial charge in [0.05, 0.1) is 12.6 Å². The summed E-state index contributed by atoms with van der Waals surface area (Å²) >= 11 is 0. The lowest BCUT2D eigenvalue weighted by atomic mass is 9.83. The van der Waals surface area contributed by atoms with Crippen LogP contribution >= 0.6 is 0 Å². The minimum absolute atomic E-state index is 0.0464. The summed E-state index contributed by atoms with van der Waals surface area (Å²) in [5.41, 5.74) is -1.93. The van der Waals surface area contributed by atoms with Gasteiger partial charge in [-0.05, 0) is 43.3 Å². The molecule has 0 spiro atoms. The molecule has 1 saturated heterocycles. The quantitative estimate of drug-likeness (QED) is 0.373. The number of nitrogens with zero attached hydrogens (tertiary/aromatic N) is 4. The number of hydrogen-bond acceptors (Lipinski definition) is 6. The predicted octanol–water partition coefficient (Wildman–Crippen LogP) is 3.48. The molecule has 190 valence electrons. The smallest absolute Gasteiger partial charge is 0.422 e. The number of ether oxygens (including phenoxy) is 2. The van der Waals surface area contributed by atoms with Crippen molar-refractivity contribution in [3.05, 3.63) is 77.9 Å². The molecule has 1 aliphatic heterocycles. The summed E-state index contributed by atoms with van der Waals surface area (Å²) in [6.07, 6.45) is -2.00. The van der Waals surface area contributed by atoms with Gasteiger partial charge in [0.15, 0.2) is 12.2 Å². The lowest BCUT2D eigenvalue weighted by Gasteiger charge is -2.47. The SMILES string of the molecule is C[C@@H]1N(C(=O)c2ccc(OCC(F)(F)F)cc2)CC(=O)O[C@]1(Cn1cncn1)c1ccc(F)cc1F. The van der Waals surface area contributed by atoms with Crippen LogP contribution in [0.25, 0.3) is 0 Å². The van der Waals surface area contributed by atoms with Gasteiger partial charge in [0, 0.05) is 17.2 Å². The largest absolute Gasteiger partial charge is 0.484 e. The topological polar surface area (TPSA) is 86.5 Å². The molecule has 2 atom stereocenters. The minimum Gasteiger partial charge on any atom is -0.484 e. The van der Waals surface area contributed by atoms with E-state index in [1.807, 2.05) is 0 Å². The highest BCUT2D eigenvalue weighted by molar-refractivity contribution is 5.97. The van der Waals surface area contributed by atoms with Crippen molar-refractivity contribution in [3.8, 4) is 5.75 Å². The number of hydrogen-bond donors (Lipinski definition) is 0. The van der Waals surface area contributed by atoms with E-state index in [-0.39, 0.29) is 23.4 Å². The fourth-order valence-electron chi connectivity index (χ4n) is 4.04. The van der Waals surface area contributed by atoms with Gasteiger partial charge in [0.1, 0.15) is 36.6 Å². The predicted molar refractivity (Wildman–Crippen MR) is 113 cm³/mol. The van der Waals surface area contributed by atoms with Gasteiger partial charge in [-0.15, -0.1) is 0 Å². The summed E-state index contributed by atoms with van der Waals surface area (Å²) in [5, 5.41) is 3.98. The Morgan fingerprint density at radius 2 is 1.92 bits per heavy atom. The number of carbonyl (C=O) groups is 2. The third kappa shape index (κ3) is 5.14. The number of amides is 1. The number of rotatable bonds is 6. The first-order valence-electron chi connectivity index (χ1n) is 10.6. The van der Waals surface area contributed by atoms with Gasteiger partial charge in [0.2, 0.25) is 0 Å². The molecule has 0 saturated carbocycles. The first-order valence-corrected chi connectivity index (χ1v) is 10.6. The third-order valence-electron chi connectivity index (χ3n) is 5.75. The molecule has 8 nitrogen and oxygen atoms in total. The van der Waals surface area contributed by atoms with Crippen LogP contribution in [-0.2, 0) is 21.7 Å². The van der Waals surface area contributed by atoms with Crippen LogP contribution in [0.1, 0.15) is 22.8 Å². The summed E-state index contributed by atoms with van der Waals surface area (Å²) in [6.45, 7) is -0.682. The lowest BCUT2D eigenvalue weighted by Crippen LogP contribution is -2.61. The highest BCUT2D eigenvalue weighted by atomic mass is 19.4. The Hall–Kier alpha value is -4.03. The number of carbonyl (C=O) groups excluding carboxylic acids is 2. The van der Waals surface area contributed by atoms with Crippen molar-refractivity contribution in [2.75, 3.05) is 13.2 Å². The maximum Gasteiger partial charge on any atom is 0.422 e. The second-order valence-electron chi connectivity index (χ2n) is 8.12. The molecule has 3 aromatic rings. The molecular weight excluding hydrogens is 491 g/mol. The standard InChI is InChI=1S/C23H19F5N4O4/c1-14-22(10-31-13-29-12-30-31,18-7-4-16(24)8-19(18)25)36-20(33)9-32(14)21(34)15-2-5-17(6-3-15)35-11-23(26,27)28/h2-8,12-14H,9-11H2,1H3/t14-,22-/m0/s1. The van der Waals surface area contributed by atoms with Crippen LogP contribution in [0.3, 0.4) is 0 Å². The van der Waals surface area contributed by atoms with E-state index in [0.29, 0.717) is 6.07 Å². The molecule has 4 rings (SSSR count). The number of esters is 1. The van der Waals surface area contributed by atoms with Crippen LogP contribution in [0.4, 0.5) is 22.0 Å². The molecule has 1 fully saturated rings. The van der Waals surface area contributed by atoms with Crippen molar-refractivity contribution in [2.24, 2.45) is 0 Å². The maximum absolute atomic E-state index is 15.0. The van der Waals surface area contributed by atoms with Gasteiger partial charge in [-0.1, -0.05) is 0 Å². The number of alkyl halides is 3. The van der Waals surface area contributed by atoms with Crippen molar-refractivity contribution >= 4 is 11.9 Å². The van der Waals surface area contributed by atoms with E-state index >= 15 is 0 Å². The van der Waals surface area contributed by atoms with Crippen LogP contribution in [0.2, 0.25) is 0 Å². The minimum atomic E-state index is -4.53. The van der Waals surface area contributed by atoms with Crippen LogP contribution in [0, 0.1) is 11.6 Å². The molecule has 0 bridgehead atoms. The second-order valence-corrected chi connectivity index (χ2v) is 8.12. The summed E-state index contributed by atoms with van der Waals surface area (Å²) in [4.78, 5) is 31.0. The van der Waals surface area contributed by atoms with Crippen LogP contribution in [-0.4, -0.2) is 56.9 Å². The highest BCUT2D eigenvalue weighted by Gasteiger charge is 2.52. The zero-order chi connectivity index (χ0) is 26.1. The Kier molecular flexibility index (Phi) is 6.65. The Bertz CT molecular complexity index is 1250. The van der Waals surface area contributed by atoms with Gasteiger partial charge in [-0.3, -0.25) is 9.59 Å². The molecule has 13 heteroatoms. The van der Waals surface area contributed by atoms with E-state index in [2.05, 4.69) is 14.8 Å². The molecule has 1 amide bonds. The summed E-state index contributed by atoms with van der Waals surface area (Å²) < 4.78 is 77.4. The molecule has 1 aromatic heterocycles. The number of halogens is 5.